The molecule has 1 fully saturated rings. The number of rotatable bonds is 4. The van der Waals surface area contributed by atoms with Gasteiger partial charge in [0.25, 0.3) is 0 Å². The Morgan fingerprint density at radius 3 is 2.50 bits per heavy atom. The Labute approximate surface area is 130 Å². The fraction of sp³-hybridized carbons (Fsp3) is 0.294. The molecule has 1 aromatic heterocycles. The first-order chi connectivity index (χ1) is 10.7. The first-order valence-electron chi connectivity index (χ1n) is 7.56. The van der Waals surface area contributed by atoms with Crippen molar-refractivity contribution >= 4 is 17.4 Å². The normalized spacial score (nSPS) is 15.6. The van der Waals surface area contributed by atoms with E-state index in [1.807, 2.05) is 42.5 Å². The van der Waals surface area contributed by atoms with Gasteiger partial charge < -0.3 is 16.0 Å². The van der Waals surface area contributed by atoms with Crippen molar-refractivity contribution in [2.24, 2.45) is 5.73 Å². The minimum absolute atomic E-state index is 0.234. The van der Waals surface area contributed by atoms with Crippen LogP contribution in [0.2, 0.25) is 0 Å². The van der Waals surface area contributed by atoms with Crippen molar-refractivity contribution in [1.82, 2.24) is 4.98 Å². The van der Waals surface area contributed by atoms with Crippen LogP contribution in [0.4, 0.5) is 11.5 Å². The number of benzene rings is 1. The molecule has 1 unspecified atom stereocenters. The molecule has 2 aromatic rings. The van der Waals surface area contributed by atoms with Crippen LogP contribution in [0.5, 0.6) is 0 Å². The summed E-state index contributed by atoms with van der Waals surface area (Å²) in [5, 5.41) is 2.81. The quantitative estimate of drug-likeness (QED) is 0.908. The van der Waals surface area contributed by atoms with Crippen LogP contribution in [-0.4, -0.2) is 24.0 Å². The van der Waals surface area contributed by atoms with Crippen molar-refractivity contribution in [3.05, 3.63) is 54.2 Å². The molecule has 1 aromatic carbocycles. The molecule has 2 heterocycles. The first kappa shape index (κ1) is 14.5. The number of anilines is 2. The molecule has 1 aliphatic rings. The Morgan fingerprint density at radius 2 is 1.86 bits per heavy atom. The molecular formula is C17H20N4O. The maximum atomic E-state index is 12.2. The van der Waals surface area contributed by atoms with Crippen molar-refractivity contribution in [3.63, 3.8) is 0 Å². The highest BCUT2D eigenvalue weighted by Crippen LogP contribution is 2.20. The second-order valence-electron chi connectivity index (χ2n) is 5.48. The minimum Gasteiger partial charge on any atom is -0.357 e. The Balaban J connectivity index is 1.64. The number of nitrogens with zero attached hydrogens (tertiary/aromatic N) is 2. The highest BCUT2D eigenvalue weighted by atomic mass is 16.2. The summed E-state index contributed by atoms with van der Waals surface area (Å²) < 4.78 is 0. The van der Waals surface area contributed by atoms with Gasteiger partial charge in [0.1, 0.15) is 11.9 Å². The van der Waals surface area contributed by atoms with Crippen molar-refractivity contribution in [1.29, 1.82) is 0 Å². The van der Waals surface area contributed by atoms with E-state index in [0.717, 1.165) is 24.5 Å². The van der Waals surface area contributed by atoms with Gasteiger partial charge in [0.05, 0.1) is 11.9 Å². The Kier molecular flexibility index (Phi) is 4.34. The summed E-state index contributed by atoms with van der Waals surface area (Å²) in [5.74, 6) is 0.727. The number of nitrogens with one attached hydrogen (secondary N) is 1. The number of amides is 1. The number of aromatic nitrogens is 1. The molecule has 1 aliphatic heterocycles. The van der Waals surface area contributed by atoms with E-state index >= 15 is 0 Å². The lowest BCUT2D eigenvalue weighted by atomic mass is 10.1. The van der Waals surface area contributed by atoms with Gasteiger partial charge in [-0.2, -0.15) is 0 Å². The zero-order valence-corrected chi connectivity index (χ0v) is 12.4. The first-order valence-corrected chi connectivity index (χ1v) is 7.56. The van der Waals surface area contributed by atoms with Crippen LogP contribution in [0.25, 0.3) is 0 Å². The van der Waals surface area contributed by atoms with E-state index in [0.29, 0.717) is 5.69 Å². The molecule has 5 nitrogen and oxygen atoms in total. The maximum absolute atomic E-state index is 12.2. The van der Waals surface area contributed by atoms with Gasteiger partial charge in [0, 0.05) is 13.1 Å². The number of hydrogen-bond acceptors (Lipinski definition) is 4. The molecule has 1 saturated heterocycles. The molecule has 0 saturated carbocycles. The third kappa shape index (κ3) is 3.26. The zero-order chi connectivity index (χ0) is 15.4. The number of hydrogen-bond donors (Lipinski definition) is 2. The predicted molar refractivity (Wildman–Crippen MR) is 87.7 cm³/mol. The van der Waals surface area contributed by atoms with E-state index in [2.05, 4.69) is 15.2 Å². The lowest BCUT2D eigenvalue weighted by molar-refractivity contribution is -0.117. The number of pyridine rings is 1. The lowest BCUT2D eigenvalue weighted by Crippen LogP contribution is -2.27. The molecule has 0 bridgehead atoms. The largest absolute Gasteiger partial charge is 0.357 e. The van der Waals surface area contributed by atoms with Crippen LogP contribution < -0.4 is 16.0 Å². The van der Waals surface area contributed by atoms with Gasteiger partial charge in [-0.1, -0.05) is 30.3 Å². The fourth-order valence-electron chi connectivity index (χ4n) is 2.63. The van der Waals surface area contributed by atoms with E-state index in [9.17, 15) is 4.79 Å². The Morgan fingerprint density at radius 1 is 1.14 bits per heavy atom. The topological polar surface area (TPSA) is 71.2 Å². The van der Waals surface area contributed by atoms with Crippen molar-refractivity contribution < 1.29 is 4.79 Å². The van der Waals surface area contributed by atoms with Gasteiger partial charge in [-0.25, -0.2) is 4.98 Å². The number of carbonyl (C=O) groups excluding carboxylic acids is 1. The fourth-order valence-corrected chi connectivity index (χ4v) is 2.63. The van der Waals surface area contributed by atoms with Crippen molar-refractivity contribution in [2.75, 3.05) is 23.3 Å². The molecule has 22 heavy (non-hydrogen) atoms. The van der Waals surface area contributed by atoms with Gasteiger partial charge in [-0.05, 0) is 30.5 Å². The number of carbonyl (C=O) groups is 1. The minimum atomic E-state index is -0.681. The van der Waals surface area contributed by atoms with Crippen LogP contribution in [0.1, 0.15) is 24.4 Å². The average molecular weight is 296 g/mol. The maximum Gasteiger partial charge on any atom is 0.245 e. The number of nitrogens with two attached hydrogens (primary N) is 1. The molecule has 0 aliphatic carbocycles. The van der Waals surface area contributed by atoms with Crippen LogP contribution >= 0.6 is 0 Å². The SMILES string of the molecule is NC(C(=O)Nc1ccc(N2CCCC2)nc1)c1ccccc1. The van der Waals surface area contributed by atoms with E-state index in [1.165, 1.54) is 12.8 Å². The van der Waals surface area contributed by atoms with E-state index < -0.39 is 6.04 Å². The van der Waals surface area contributed by atoms with Gasteiger partial charge in [-0.3, -0.25) is 4.79 Å². The zero-order valence-electron chi connectivity index (χ0n) is 12.4. The average Bonchev–Trinajstić information content (AvgIpc) is 3.10. The van der Waals surface area contributed by atoms with E-state index in [4.69, 9.17) is 5.73 Å². The van der Waals surface area contributed by atoms with Crippen LogP contribution in [0.15, 0.2) is 48.7 Å². The summed E-state index contributed by atoms with van der Waals surface area (Å²) in [6.45, 7) is 2.11. The van der Waals surface area contributed by atoms with E-state index in [1.54, 1.807) is 6.20 Å². The molecule has 1 amide bonds. The van der Waals surface area contributed by atoms with Gasteiger partial charge in [-0.15, -0.1) is 0 Å². The third-order valence-electron chi connectivity index (χ3n) is 3.89. The van der Waals surface area contributed by atoms with Gasteiger partial charge >= 0.3 is 0 Å². The van der Waals surface area contributed by atoms with Crippen molar-refractivity contribution in [2.45, 2.75) is 18.9 Å². The molecule has 114 valence electrons. The second kappa shape index (κ2) is 6.58. The summed E-state index contributed by atoms with van der Waals surface area (Å²) in [6.07, 6.45) is 4.11. The molecule has 3 N–H and O–H groups in total. The molecular weight excluding hydrogens is 276 g/mol. The Bertz CT molecular complexity index is 621. The van der Waals surface area contributed by atoms with Gasteiger partial charge in [0.2, 0.25) is 5.91 Å². The summed E-state index contributed by atoms with van der Waals surface area (Å²) in [7, 11) is 0. The summed E-state index contributed by atoms with van der Waals surface area (Å²) >= 11 is 0. The van der Waals surface area contributed by atoms with Crippen LogP contribution in [-0.2, 0) is 4.79 Å². The second-order valence-corrected chi connectivity index (χ2v) is 5.48. The van der Waals surface area contributed by atoms with Crippen molar-refractivity contribution in [3.8, 4) is 0 Å². The standard InChI is InChI=1S/C17H20N4O/c18-16(13-6-2-1-3-7-13)17(22)20-14-8-9-15(19-12-14)21-10-4-5-11-21/h1-3,6-9,12,16H,4-5,10-11,18H2,(H,20,22). The summed E-state index contributed by atoms with van der Waals surface area (Å²) in [5.41, 5.74) is 7.43. The third-order valence-corrected chi connectivity index (χ3v) is 3.89. The molecule has 0 spiro atoms. The van der Waals surface area contributed by atoms with E-state index in [-0.39, 0.29) is 5.91 Å². The Hall–Kier alpha value is -2.40. The molecule has 5 heteroatoms. The highest BCUT2D eigenvalue weighted by molar-refractivity contribution is 5.95. The van der Waals surface area contributed by atoms with Crippen LogP contribution in [0, 0.1) is 0 Å². The molecule has 0 radical (unpaired) electrons. The highest BCUT2D eigenvalue weighted by Gasteiger charge is 2.16. The van der Waals surface area contributed by atoms with Gasteiger partial charge in [0.15, 0.2) is 0 Å². The monoisotopic (exact) mass is 296 g/mol. The summed E-state index contributed by atoms with van der Waals surface area (Å²) in [6, 6.07) is 12.5. The van der Waals surface area contributed by atoms with Crippen LogP contribution in [0.3, 0.4) is 0 Å². The smallest absolute Gasteiger partial charge is 0.245 e. The predicted octanol–water partition coefficient (Wildman–Crippen LogP) is 2.32. The molecule has 3 rings (SSSR count). The molecule has 1 atom stereocenters. The summed E-state index contributed by atoms with van der Waals surface area (Å²) in [4.78, 5) is 18.8. The lowest BCUT2D eigenvalue weighted by Gasteiger charge is -2.17.